The number of benzene rings is 2. The van der Waals surface area contributed by atoms with Gasteiger partial charge in [-0.3, -0.25) is 4.79 Å². The fraction of sp³-hybridized carbons (Fsp3) is 0.381. The zero-order valence-corrected chi connectivity index (χ0v) is 19.2. The fourth-order valence-electron chi connectivity index (χ4n) is 3.81. The molecule has 0 saturated carbocycles. The molecule has 1 N–H and O–H groups in total. The van der Waals surface area contributed by atoms with Gasteiger partial charge >= 0.3 is 5.76 Å². The van der Waals surface area contributed by atoms with Crippen LogP contribution in [0.5, 0.6) is 0 Å². The molecule has 0 radical (unpaired) electrons. The molecule has 0 aliphatic carbocycles. The molecule has 1 amide bonds. The molecule has 2 aromatic carbocycles. The molecule has 1 aliphatic heterocycles. The van der Waals surface area contributed by atoms with Gasteiger partial charge in [0.1, 0.15) is 0 Å². The van der Waals surface area contributed by atoms with Crippen LogP contribution in [0.4, 0.5) is 14.5 Å². The molecule has 174 valence electrons. The largest absolute Gasteiger partial charge is 0.341 e. The predicted octanol–water partition coefficient (Wildman–Crippen LogP) is 3.89. The monoisotopic (exact) mass is 486 g/mol. The highest BCUT2D eigenvalue weighted by atomic mass is 32.2. The van der Waals surface area contributed by atoms with Crippen molar-refractivity contribution < 1.29 is 30.4 Å². The van der Waals surface area contributed by atoms with Crippen molar-refractivity contribution in [3.8, 4) is 0 Å². The number of carbonyl (C=O) groups is 1. The quantitative estimate of drug-likeness (QED) is 0.668. The Balaban J connectivity index is 1.74. The highest BCUT2D eigenvalue weighted by Gasteiger charge is 2.35. The van der Waals surface area contributed by atoms with Gasteiger partial charge in [0.25, 0.3) is 5.91 Å². The first-order valence-electron chi connectivity index (χ1n) is 10.0. The molecular weight excluding hydrogens is 462 g/mol. The molecule has 0 spiro atoms. The van der Waals surface area contributed by atoms with Crippen molar-refractivity contribution in [1.82, 2.24) is 4.31 Å². The summed E-state index contributed by atoms with van der Waals surface area (Å²) in [4.78, 5) is 11.9. The summed E-state index contributed by atoms with van der Waals surface area (Å²) in [6.07, 6.45) is 2.58. The van der Waals surface area contributed by atoms with E-state index in [9.17, 15) is 30.4 Å². The van der Waals surface area contributed by atoms with E-state index < -0.39 is 36.4 Å². The number of alkyl halides is 2. The Kier molecular flexibility index (Phi) is 7.01. The molecule has 1 fully saturated rings. The summed E-state index contributed by atoms with van der Waals surface area (Å²) in [5, 5.41) is 2.57. The lowest BCUT2D eigenvalue weighted by Crippen LogP contribution is -2.47. The van der Waals surface area contributed by atoms with Crippen molar-refractivity contribution in [1.29, 1.82) is 0 Å². The van der Waals surface area contributed by atoms with E-state index in [0.717, 1.165) is 43.5 Å². The average Bonchev–Trinajstić information content (AvgIpc) is 2.74. The summed E-state index contributed by atoms with van der Waals surface area (Å²) in [7, 11) is -8.42. The fourth-order valence-corrected chi connectivity index (χ4v) is 6.41. The molecule has 1 aliphatic rings. The van der Waals surface area contributed by atoms with Gasteiger partial charge < -0.3 is 5.32 Å². The molecule has 32 heavy (non-hydrogen) atoms. The Morgan fingerprint density at radius 1 is 0.906 bits per heavy atom. The van der Waals surface area contributed by atoms with E-state index in [0.29, 0.717) is 5.69 Å². The Morgan fingerprint density at radius 2 is 1.41 bits per heavy atom. The van der Waals surface area contributed by atoms with Gasteiger partial charge in [0.15, 0.2) is 0 Å². The summed E-state index contributed by atoms with van der Waals surface area (Å²) in [6.45, 7) is 3.78. The summed E-state index contributed by atoms with van der Waals surface area (Å²) in [5.74, 6) is -4.15. The van der Waals surface area contributed by atoms with E-state index in [1.54, 1.807) is 0 Å². The number of anilines is 1. The van der Waals surface area contributed by atoms with Crippen LogP contribution in [-0.2, 0) is 19.9 Å². The van der Waals surface area contributed by atoms with Gasteiger partial charge in [-0.2, -0.15) is 13.1 Å². The molecule has 0 bridgehead atoms. The number of piperidine rings is 1. The lowest BCUT2D eigenvalue weighted by Gasteiger charge is -2.37. The molecule has 0 aromatic heterocycles. The van der Waals surface area contributed by atoms with Crippen LogP contribution in [0.1, 0.15) is 43.5 Å². The highest BCUT2D eigenvalue weighted by molar-refractivity contribution is 7.91. The molecule has 7 nitrogen and oxygen atoms in total. The highest BCUT2D eigenvalue weighted by Crippen LogP contribution is 2.30. The van der Waals surface area contributed by atoms with Gasteiger partial charge in [0, 0.05) is 23.3 Å². The summed E-state index contributed by atoms with van der Waals surface area (Å²) in [5.41, 5.74) is 0.392. The maximum absolute atomic E-state index is 13.1. The first kappa shape index (κ1) is 24.3. The lowest BCUT2D eigenvalue weighted by molar-refractivity contribution is 0.102. The van der Waals surface area contributed by atoms with Crippen molar-refractivity contribution in [2.24, 2.45) is 0 Å². The van der Waals surface area contributed by atoms with E-state index in [1.807, 2.05) is 13.8 Å². The van der Waals surface area contributed by atoms with Crippen molar-refractivity contribution >= 4 is 31.5 Å². The van der Waals surface area contributed by atoms with Crippen molar-refractivity contribution in [3.05, 3.63) is 54.1 Å². The Hall–Kier alpha value is -2.37. The zero-order valence-electron chi connectivity index (χ0n) is 17.5. The molecule has 2 atom stereocenters. The number of sulfonamides is 1. The van der Waals surface area contributed by atoms with Crippen LogP contribution in [0.25, 0.3) is 0 Å². The molecular formula is C21H24F2N2O5S2. The third kappa shape index (κ3) is 4.84. The van der Waals surface area contributed by atoms with Gasteiger partial charge in [0.2, 0.25) is 19.9 Å². The topological polar surface area (TPSA) is 101 Å². The zero-order chi connectivity index (χ0) is 23.7. The van der Waals surface area contributed by atoms with Crippen LogP contribution in [0.3, 0.4) is 0 Å². The smallest absolute Gasteiger partial charge is 0.322 e. The second-order valence-electron chi connectivity index (χ2n) is 7.77. The predicted molar refractivity (Wildman–Crippen MR) is 116 cm³/mol. The number of nitrogens with one attached hydrogen (secondary N) is 1. The third-order valence-electron chi connectivity index (χ3n) is 5.48. The molecule has 2 unspecified atom stereocenters. The van der Waals surface area contributed by atoms with Crippen LogP contribution in [0, 0.1) is 0 Å². The molecule has 1 heterocycles. The van der Waals surface area contributed by atoms with Crippen molar-refractivity contribution in [2.45, 2.75) is 60.7 Å². The number of sulfone groups is 1. The number of amides is 1. The first-order chi connectivity index (χ1) is 14.9. The van der Waals surface area contributed by atoms with E-state index >= 15 is 0 Å². The van der Waals surface area contributed by atoms with Gasteiger partial charge in [-0.05, 0) is 75.2 Å². The maximum Gasteiger partial charge on any atom is 0.341 e. The number of carbonyl (C=O) groups excluding carboxylic acids is 1. The van der Waals surface area contributed by atoms with Crippen LogP contribution in [0.2, 0.25) is 0 Å². The SMILES string of the molecule is CC1CCCC(C)N1S(=O)(=O)c1ccc(NC(=O)c2ccc(S(=O)(=O)C(F)F)cc2)cc1. The summed E-state index contributed by atoms with van der Waals surface area (Å²) < 4.78 is 75.8. The van der Waals surface area contributed by atoms with Crippen LogP contribution < -0.4 is 5.32 Å². The molecule has 11 heteroatoms. The second-order valence-corrected chi connectivity index (χ2v) is 11.5. The normalized spacial score (nSPS) is 20.3. The van der Waals surface area contributed by atoms with Crippen molar-refractivity contribution in [3.63, 3.8) is 0 Å². The lowest BCUT2D eigenvalue weighted by atomic mass is 10.0. The van der Waals surface area contributed by atoms with Crippen LogP contribution in [-0.4, -0.2) is 44.9 Å². The first-order valence-corrected chi connectivity index (χ1v) is 13.0. The minimum Gasteiger partial charge on any atom is -0.322 e. The van der Waals surface area contributed by atoms with Gasteiger partial charge in [-0.25, -0.2) is 16.8 Å². The Morgan fingerprint density at radius 3 is 1.91 bits per heavy atom. The number of hydrogen-bond acceptors (Lipinski definition) is 5. The van der Waals surface area contributed by atoms with E-state index in [2.05, 4.69) is 5.32 Å². The average molecular weight is 487 g/mol. The minimum atomic E-state index is -4.74. The van der Waals surface area contributed by atoms with Crippen LogP contribution >= 0.6 is 0 Å². The second kappa shape index (κ2) is 9.24. The number of nitrogens with zero attached hydrogens (tertiary/aromatic N) is 1. The Bertz CT molecular complexity index is 1170. The number of hydrogen-bond donors (Lipinski definition) is 1. The van der Waals surface area contributed by atoms with E-state index in [1.165, 1.54) is 28.6 Å². The van der Waals surface area contributed by atoms with Crippen LogP contribution in [0.15, 0.2) is 58.3 Å². The van der Waals surface area contributed by atoms with Gasteiger partial charge in [0.05, 0.1) is 9.79 Å². The van der Waals surface area contributed by atoms with E-state index in [4.69, 9.17) is 0 Å². The minimum absolute atomic E-state index is 0.0610. The summed E-state index contributed by atoms with van der Waals surface area (Å²) in [6, 6.07) is 9.68. The molecule has 1 saturated heterocycles. The van der Waals surface area contributed by atoms with Crippen molar-refractivity contribution in [2.75, 3.05) is 5.32 Å². The number of halogens is 2. The molecule has 3 rings (SSSR count). The van der Waals surface area contributed by atoms with E-state index in [-0.39, 0.29) is 22.5 Å². The van der Waals surface area contributed by atoms with Gasteiger partial charge in [-0.15, -0.1) is 0 Å². The number of rotatable bonds is 6. The maximum atomic E-state index is 13.1. The Labute approximate surface area is 186 Å². The van der Waals surface area contributed by atoms with Gasteiger partial charge in [-0.1, -0.05) is 6.42 Å². The molecule has 2 aromatic rings. The summed E-state index contributed by atoms with van der Waals surface area (Å²) >= 11 is 0. The third-order valence-corrected chi connectivity index (χ3v) is 9.02. The standard InChI is InChI=1S/C21H24F2N2O5S2/c1-14-4-3-5-15(2)25(14)32(29,30)19-12-8-17(9-13-19)24-20(26)16-6-10-18(11-7-16)31(27,28)21(22)23/h6-15,21H,3-5H2,1-2H3,(H,24,26).